The van der Waals surface area contributed by atoms with Gasteiger partial charge < -0.3 is 26.2 Å². The van der Waals surface area contributed by atoms with Gasteiger partial charge in [0.2, 0.25) is 5.95 Å². The van der Waals surface area contributed by atoms with Gasteiger partial charge in [0.05, 0.1) is 24.3 Å². The quantitative estimate of drug-likeness (QED) is 0.351. The van der Waals surface area contributed by atoms with Gasteiger partial charge in [0.1, 0.15) is 11.0 Å². The van der Waals surface area contributed by atoms with E-state index in [9.17, 15) is 15.0 Å². The molecule has 1 aliphatic heterocycles. The highest BCUT2D eigenvalue weighted by Crippen LogP contribution is 2.35. The number of rotatable bonds is 2. The van der Waals surface area contributed by atoms with Crippen molar-refractivity contribution in [2.24, 2.45) is 0 Å². The molecular weight excluding hydrogens is 294 g/mol. The van der Waals surface area contributed by atoms with Crippen molar-refractivity contribution in [3.05, 3.63) is 22.1 Å². The van der Waals surface area contributed by atoms with Crippen molar-refractivity contribution in [2.75, 3.05) is 5.73 Å². The lowest BCUT2D eigenvalue weighted by Crippen LogP contribution is -2.41. The Bertz CT molecular complexity index is 727. The van der Waals surface area contributed by atoms with Crippen LogP contribution in [0.5, 0.6) is 0 Å². The van der Waals surface area contributed by atoms with E-state index in [1.807, 2.05) is 0 Å². The number of thiol groups is 1. The second kappa shape index (κ2) is 5.02. The summed E-state index contributed by atoms with van der Waals surface area (Å²) in [5, 5.41) is 22.6. The normalized spacial score (nSPS) is 30.9. The van der Waals surface area contributed by atoms with E-state index in [2.05, 4.69) is 32.9 Å². The van der Waals surface area contributed by atoms with E-state index < -0.39 is 23.5 Å². The molecule has 21 heavy (non-hydrogen) atoms. The Hall–Kier alpha value is -1.55. The molecule has 0 amide bonds. The lowest BCUT2D eigenvalue weighted by molar-refractivity contribution is 0.0755. The predicted octanol–water partition coefficient (Wildman–Crippen LogP) is -1.11. The molecule has 7 N–H and O–H groups in total. The van der Waals surface area contributed by atoms with Crippen molar-refractivity contribution in [1.82, 2.24) is 20.3 Å². The van der Waals surface area contributed by atoms with Crippen LogP contribution in [0.2, 0.25) is 0 Å². The van der Waals surface area contributed by atoms with Crippen LogP contribution in [0, 0.1) is 0 Å². The lowest BCUT2D eigenvalue weighted by atomic mass is 10.0. The van der Waals surface area contributed by atoms with Gasteiger partial charge in [-0.15, -0.1) is 0 Å². The molecule has 1 unspecified atom stereocenters. The Labute approximate surface area is 125 Å². The predicted molar refractivity (Wildman–Crippen MR) is 81.3 cm³/mol. The van der Waals surface area contributed by atoms with Crippen LogP contribution < -0.4 is 16.6 Å². The smallest absolute Gasteiger partial charge is 0.276 e. The first-order valence-corrected chi connectivity index (χ1v) is 7.09. The molecule has 1 saturated heterocycles. The first kappa shape index (κ1) is 14.4. The van der Waals surface area contributed by atoms with E-state index in [1.54, 1.807) is 13.1 Å². The molecule has 0 saturated carbocycles. The van der Waals surface area contributed by atoms with Gasteiger partial charge >= 0.3 is 0 Å². The van der Waals surface area contributed by atoms with Crippen LogP contribution in [0.15, 0.2) is 11.0 Å². The van der Waals surface area contributed by atoms with Crippen LogP contribution in [-0.2, 0) is 0 Å². The highest BCUT2D eigenvalue weighted by atomic mass is 32.1. The van der Waals surface area contributed by atoms with Crippen LogP contribution in [0.25, 0.3) is 11.0 Å². The van der Waals surface area contributed by atoms with Crippen molar-refractivity contribution in [1.29, 1.82) is 0 Å². The Morgan fingerprint density at radius 1 is 1.52 bits per heavy atom. The first-order valence-electron chi connectivity index (χ1n) is 6.57. The van der Waals surface area contributed by atoms with Gasteiger partial charge in [0.25, 0.3) is 5.56 Å². The van der Waals surface area contributed by atoms with Crippen LogP contribution in [0.3, 0.4) is 0 Å². The van der Waals surface area contributed by atoms with Crippen LogP contribution in [0.1, 0.15) is 18.5 Å². The summed E-state index contributed by atoms with van der Waals surface area (Å²) in [6.45, 7) is 1.60. The summed E-state index contributed by atoms with van der Waals surface area (Å²) in [5.41, 5.74) is 6.66. The molecule has 1 fully saturated rings. The zero-order valence-corrected chi connectivity index (χ0v) is 12.1. The number of H-pyrrole nitrogens is 2. The van der Waals surface area contributed by atoms with Gasteiger partial charge in [-0.1, -0.05) is 0 Å². The van der Waals surface area contributed by atoms with Gasteiger partial charge in [0.15, 0.2) is 0 Å². The SMILES string of the molecule is CC(O)[C@H]1N[C@@H](c2c[nH]c3c(=O)[nH]c(N)nc23)[C@H](S)[C@@H]1O. The number of nitrogen functional groups attached to an aromatic ring is 1. The third kappa shape index (κ3) is 2.22. The first-order chi connectivity index (χ1) is 9.90. The summed E-state index contributed by atoms with van der Waals surface area (Å²) >= 11 is 4.42. The number of nitrogens with zero attached hydrogens (tertiary/aromatic N) is 1. The van der Waals surface area contributed by atoms with Crippen molar-refractivity contribution < 1.29 is 10.2 Å². The molecule has 0 spiro atoms. The van der Waals surface area contributed by atoms with Gasteiger partial charge in [0, 0.05) is 17.0 Å². The number of aliphatic hydroxyl groups excluding tert-OH is 2. The molecule has 9 heteroatoms. The van der Waals surface area contributed by atoms with Gasteiger partial charge in [-0.25, -0.2) is 4.98 Å². The minimum atomic E-state index is -0.817. The fourth-order valence-corrected chi connectivity index (χ4v) is 3.23. The van der Waals surface area contributed by atoms with Crippen molar-refractivity contribution >= 4 is 29.6 Å². The third-order valence-electron chi connectivity index (χ3n) is 3.87. The molecule has 1 aliphatic rings. The molecular formula is C12H17N5O3S. The summed E-state index contributed by atoms with van der Waals surface area (Å²) in [4.78, 5) is 21.2. The molecule has 8 nitrogen and oxygen atoms in total. The summed E-state index contributed by atoms with van der Waals surface area (Å²) in [7, 11) is 0. The number of hydrogen-bond acceptors (Lipinski definition) is 7. The zero-order chi connectivity index (χ0) is 15.3. The summed E-state index contributed by atoms with van der Waals surface area (Å²) in [6.07, 6.45) is 0.0959. The number of anilines is 1. The maximum atomic E-state index is 11.8. The molecule has 3 rings (SSSR count). The minimum Gasteiger partial charge on any atom is -0.392 e. The van der Waals surface area contributed by atoms with E-state index >= 15 is 0 Å². The molecule has 3 heterocycles. The van der Waals surface area contributed by atoms with E-state index in [1.165, 1.54) is 0 Å². The maximum Gasteiger partial charge on any atom is 0.276 e. The average Bonchev–Trinajstić information content (AvgIpc) is 2.93. The standard InChI is InChI=1S/C12H17N5O3S/c1-3(18)5-9(19)10(21)7(15-5)4-2-14-8-6(4)16-12(13)17-11(8)20/h2-3,5,7,9-10,14-15,18-19,21H,1H3,(H3,13,16,17,20)/t3?,5-,7+,9-,10+/m1/s1. The van der Waals surface area contributed by atoms with Crippen molar-refractivity contribution in [2.45, 2.75) is 36.5 Å². The monoisotopic (exact) mass is 311 g/mol. The Kier molecular flexibility index (Phi) is 3.44. The van der Waals surface area contributed by atoms with Crippen molar-refractivity contribution in [3.63, 3.8) is 0 Å². The van der Waals surface area contributed by atoms with E-state index in [4.69, 9.17) is 5.73 Å². The number of aliphatic hydroxyl groups is 2. The number of aromatic amines is 2. The molecule has 0 bridgehead atoms. The minimum absolute atomic E-state index is 0.0229. The molecule has 0 aromatic carbocycles. The highest BCUT2D eigenvalue weighted by Gasteiger charge is 2.43. The number of aromatic nitrogens is 3. The molecule has 114 valence electrons. The summed E-state index contributed by atoms with van der Waals surface area (Å²) in [5.74, 6) is 0.0229. The maximum absolute atomic E-state index is 11.8. The van der Waals surface area contributed by atoms with E-state index in [0.29, 0.717) is 16.6 Å². The van der Waals surface area contributed by atoms with Gasteiger partial charge in [-0.2, -0.15) is 12.6 Å². The Morgan fingerprint density at radius 3 is 2.86 bits per heavy atom. The summed E-state index contributed by atoms with van der Waals surface area (Å²) in [6, 6.07) is -0.854. The van der Waals surface area contributed by atoms with Gasteiger partial charge in [-0.05, 0) is 6.92 Å². The van der Waals surface area contributed by atoms with E-state index in [0.717, 1.165) is 0 Å². The van der Waals surface area contributed by atoms with Crippen LogP contribution in [-0.4, -0.2) is 48.7 Å². The second-order valence-electron chi connectivity index (χ2n) is 5.31. The summed E-state index contributed by atoms with van der Waals surface area (Å²) < 4.78 is 0. The second-order valence-corrected chi connectivity index (χ2v) is 5.91. The topological polar surface area (TPSA) is 140 Å². The Balaban J connectivity index is 2.07. The Morgan fingerprint density at radius 2 is 2.24 bits per heavy atom. The molecule has 2 aromatic rings. The fraction of sp³-hybridized carbons (Fsp3) is 0.500. The lowest BCUT2D eigenvalue weighted by Gasteiger charge is -2.18. The number of fused-ring (bicyclic) bond motifs is 1. The molecule has 0 aliphatic carbocycles. The average molecular weight is 311 g/mol. The largest absolute Gasteiger partial charge is 0.392 e. The van der Waals surface area contributed by atoms with E-state index in [-0.39, 0.29) is 17.5 Å². The number of hydrogen-bond donors (Lipinski definition) is 7. The fourth-order valence-electron chi connectivity index (χ4n) is 2.80. The zero-order valence-electron chi connectivity index (χ0n) is 11.2. The van der Waals surface area contributed by atoms with Crippen LogP contribution >= 0.6 is 12.6 Å². The third-order valence-corrected chi connectivity index (χ3v) is 4.47. The highest BCUT2D eigenvalue weighted by molar-refractivity contribution is 7.81. The molecule has 2 aromatic heterocycles. The van der Waals surface area contributed by atoms with Crippen molar-refractivity contribution in [3.8, 4) is 0 Å². The molecule has 5 atom stereocenters. The van der Waals surface area contributed by atoms with Crippen LogP contribution in [0.4, 0.5) is 5.95 Å². The number of nitrogens with one attached hydrogen (secondary N) is 3. The number of nitrogens with two attached hydrogens (primary N) is 1. The molecule has 0 radical (unpaired) electrons. The van der Waals surface area contributed by atoms with Gasteiger partial charge in [-0.3, -0.25) is 9.78 Å².